The van der Waals surface area contributed by atoms with Crippen molar-refractivity contribution in [2.45, 2.75) is 6.42 Å². The average Bonchev–Trinajstić information content (AvgIpc) is 2.60. The fourth-order valence-electron chi connectivity index (χ4n) is 1.93. The number of esters is 1. The van der Waals surface area contributed by atoms with Gasteiger partial charge in [-0.15, -0.1) is 0 Å². The molecule has 2 rings (SSSR count). The van der Waals surface area contributed by atoms with Gasteiger partial charge in [0.2, 0.25) is 0 Å². The largest absolute Gasteiger partial charge is 0.509 e. The fourth-order valence-corrected chi connectivity index (χ4v) is 2.05. The van der Waals surface area contributed by atoms with E-state index in [0.29, 0.717) is 16.5 Å². The van der Waals surface area contributed by atoms with Crippen LogP contribution in [0.1, 0.15) is 5.56 Å². The van der Waals surface area contributed by atoms with Crippen molar-refractivity contribution < 1.29 is 24.1 Å². The Labute approximate surface area is 145 Å². The van der Waals surface area contributed by atoms with Gasteiger partial charge in [-0.1, -0.05) is 29.8 Å². The van der Waals surface area contributed by atoms with Crippen LogP contribution in [0.25, 0.3) is 0 Å². The number of methoxy groups -OCH3 is 1. The SMILES string of the molecule is COc1ccccc1C/C(O)=C/OC(=O)COc1ccc(Cl)cc1. The Morgan fingerprint density at radius 2 is 1.88 bits per heavy atom. The van der Waals surface area contributed by atoms with Crippen LogP contribution in [0.4, 0.5) is 0 Å². The maximum Gasteiger partial charge on any atom is 0.349 e. The van der Waals surface area contributed by atoms with Gasteiger partial charge in [0.1, 0.15) is 23.5 Å². The third-order valence-corrected chi connectivity index (χ3v) is 3.31. The van der Waals surface area contributed by atoms with Crippen LogP contribution < -0.4 is 9.47 Å². The minimum absolute atomic E-state index is 0.0978. The summed E-state index contributed by atoms with van der Waals surface area (Å²) in [5, 5.41) is 10.4. The molecule has 0 atom stereocenters. The molecule has 2 aromatic carbocycles. The number of hydrogen-bond donors (Lipinski definition) is 1. The highest BCUT2D eigenvalue weighted by Crippen LogP contribution is 2.20. The zero-order valence-corrected chi connectivity index (χ0v) is 13.8. The van der Waals surface area contributed by atoms with Crippen LogP contribution in [0.15, 0.2) is 60.6 Å². The summed E-state index contributed by atoms with van der Waals surface area (Å²) < 4.78 is 15.3. The highest BCUT2D eigenvalue weighted by Gasteiger charge is 2.07. The molecule has 6 heteroatoms. The molecule has 0 heterocycles. The van der Waals surface area contributed by atoms with E-state index in [9.17, 15) is 9.90 Å². The van der Waals surface area contributed by atoms with E-state index in [1.54, 1.807) is 37.4 Å². The number of benzene rings is 2. The summed E-state index contributed by atoms with van der Waals surface area (Å²) in [6.07, 6.45) is 1.19. The number of rotatable bonds is 7. The van der Waals surface area contributed by atoms with Crippen molar-refractivity contribution in [2.24, 2.45) is 0 Å². The van der Waals surface area contributed by atoms with Crippen molar-refractivity contribution in [3.8, 4) is 11.5 Å². The number of allylic oxidation sites excluding steroid dienone is 1. The Kier molecular flexibility index (Phi) is 6.51. The van der Waals surface area contributed by atoms with E-state index < -0.39 is 5.97 Å². The third-order valence-electron chi connectivity index (χ3n) is 3.06. The van der Waals surface area contributed by atoms with E-state index in [4.69, 9.17) is 25.8 Å². The Morgan fingerprint density at radius 1 is 1.17 bits per heavy atom. The molecule has 0 amide bonds. The van der Waals surface area contributed by atoms with Crippen molar-refractivity contribution in [3.05, 3.63) is 71.1 Å². The van der Waals surface area contributed by atoms with Crippen molar-refractivity contribution in [2.75, 3.05) is 13.7 Å². The van der Waals surface area contributed by atoms with Gasteiger partial charge >= 0.3 is 5.97 Å². The van der Waals surface area contributed by atoms with Crippen molar-refractivity contribution in [1.82, 2.24) is 0 Å². The van der Waals surface area contributed by atoms with Gasteiger partial charge < -0.3 is 19.3 Å². The minimum atomic E-state index is -0.628. The average molecular weight is 349 g/mol. The van der Waals surface area contributed by atoms with Gasteiger partial charge in [0, 0.05) is 17.0 Å². The number of carbonyl (C=O) groups excluding carboxylic acids is 1. The number of hydrogen-bond acceptors (Lipinski definition) is 5. The molecule has 0 aliphatic carbocycles. The maximum absolute atomic E-state index is 11.6. The summed E-state index contributed by atoms with van der Waals surface area (Å²) in [6, 6.07) is 13.9. The lowest BCUT2D eigenvalue weighted by molar-refractivity contribution is -0.140. The molecular weight excluding hydrogens is 332 g/mol. The molecule has 0 fully saturated rings. The Bertz CT molecular complexity index is 710. The van der Waals surface area contributed by atoms with E-state index in [1.165, 1.54) is 0 Å². The minimum Gasteiger partial charge on any atom is -0.509 e. The van der Waals surface area contributed by atoms with Crippen molar-refractivity contribution in [3.63, 3.8) is 0 Å². The summed E-state index contributed by atoms with van der Waals surface area (Å²) in [6.45, 7) is -0.278. The lowest BCUT2D eigenvalue weighted by Gasteiger charge is -2.08. The number of aliphatic hydroxyl groups excluding tert-OH is 1. The van der Waals surface area contributed by atoms with E-state index in [0.717, 1.165) is 11.8 Å². The quantitative estimate of drug-likeness (QED) is 0.607. The first-order chi connectivity index (χ1) is 11.6. The second-order valence-electron chi connectivity index (χ2n) is 4.83. The van der Waals surface area contributed by atoms with Crippen LogP contribution in [-0.2, 0) is 16.0 Å². The first-order valence-electron chi connectivity index (χ1n) is 7.16. The molecule has 2 aromatic rings. The van der Waals surface area contributed by atoms with Crippen molar-refractivity contribution in [1.29, 1.82) is 0 Å². The molecule has 0 radical (unpaired) electrons. The summed E-state index contributed by atoms with van der Waals surface area (Å²) >= 11 is 5.76. The van der Waals surface area contributed by atoms with Crippen LogP contribution in [0.2, 0.25) is 5.02 Å². The molecule has 0 spiro atoms. The smallest absolute Gasteiger partial charge is 0.349 e. The van der Waals surface area contributed by atoms with Gasteiger partial charge in [-0.05, 0) is 30.3 Å². The highest BCUT2D eigenvalue weighted by molar-refractivity contribution is 6.30. The van der Waals surface area contributed by atoms with E-state index >= 15 is 0 Å². The first kappa shape index (κ1) is 17.7. The van der Waals surface area contributed by atoms with E-state index in [2.05, 4.69) is 0 Å². The molecule has 0 unspecified atom stereocenters. The predicted molar refractivity (Wildman–Crippen MR) is 90.4 cm³/mol. The van der Waals surface area contributed by atoms with Gasteiger partial charge in [-0.25, -0.2) is 4.79 Å². The normalized spacial score (nSPS) is 11.0. The third kappa shape index (κ3) is 5.52. The first-order valence-corrected chi connectivity index (χ1v) is 7.54. The molecule has 24 heavy (non-hydrogen) atoms. The van der Waals surface area contributed by atoms with Gasteiger partial charge in [0.25, 0.3) is 0 Å². The van der Waals surface area contributed by atoms with Crippen LogP contribution in [0, 0.1) is 0 Å². The predicted octanol–water partition coefficient (Wildman–Crippen LogP) is 3.91. The Hall–Kier alpha value is -2.66. The van der Waals surface area contributed by atoms with Crippen LogP contribution in [0.3, 0.4) is 0 Å². The van der Waals surface area contributed by atoms with Gasteiger partial charge in [-0.2, -0.15) is 0 Å². The molecular formula is C18H17ClO5. The van der Waals surface area contributed by atoms with E-state index in [-0.39, 0.29) is 18.8 Å². The molecule has 0 aliphatic heterocycles. The summed E-state index contributed by atoms with van der Waals surface area (Å²) in [7, 11) is 1.55. The van der Waals surface area contributed by atoms with Gasteiger partial charge in [0.15, 0.2) is 6.61 Å². The summed E-state index contributed by atoms with van der Waals surface area (Å²) in [4.78, 5) is 11.6. The van der Waals surface area contributed by atoms with Crippen LogP contribution in [-0.4, -0.2) is 24.8 Å². The molecule has 0 saturated carbocycles. The van der Waals surface area contributed by atoms with Gasteiger partial charge in [-0.3, -0.25) is 0 Å². The van der Waals surface area contributed by atoms with Gasteiger partial charge in [0.05, 0.1) is 7.11 Å². The lowest BCUT2D eigenvalue weighted by Crippen LogP contribution is -2.12. The van der Waals surface area contributed by atoms with Crippen LogP contribution in [0.5, 0.6) is 11.5 Å². The second kappa shape index (κ2) is 8.84. The molecule has 0 saturated heterocycles. The molecule has 0 aliphatic rings. The standard InChI is InChI=1S/C18H17ClO5/c1-22-17-5-3-2-4-13(17)10-15(20)11-24-18(21)12-23-16-8-6-14(19)7-9-16/h2-9,11,20H,10,12H2,1H3/b15-11-. The number of halogens is 1. The summed E-state index contributed by atoms with van der Waals surface area (Å²) in [5.41, 5.74) is 0.780. The van der Waals surface area contributed by atoms with Crippen molar-refractivity contribution >= 4 is 17.6 Å². The molecule has 1 N–H and O–H groups in total. The number of ether oxygens (including phenoxy) is 3. The topological polar surface area (TPSA) is 65.0 Å². The zero-order chi connectivity index (χ0) is 17.4. The molecule has 5 nitrogen and oxygen atoms in total. The highest BCUT2D eigenvalue weighted by atomic mass is 35.5. The molecule has 0 bridgehead atoms. The molecule has 126 valence electrons. The zero-order valence-electron chi connectivity index (χ0n) is 13.1. The number of para-hydroxylation sites is 1. The number of aliphatic hydroxyl groups is 1. The lowest BCUT2D eigenvalue weighted by atomic mass is 10.1. The monoisotopic (exact) mass is 348 g/mol. The number of carbonyl (C=O) groups is 1. The summed E-state index contributed by atoms with van der Waals surface area (Å²) in [5.74, 6) is 0.421. The molecule has 0 aromatic heterocycles. The van der Waals surface area contributed by atoms with E-state index in [1.807, 2.05) is 18.2 Å². The maximum atomic E-state index is 11.6. The second-order valence-corrected chi connectivity index (χ2v) is 5.27. The fraction of sp³-hybridized carbons (Fsp3) is 0.167. The van der Waals surface area contributed by atoms with Crippen LogP contribution >= 0.6 is 11.6 Å². The Morgan fingerprint density at radius 3 is 2.58 bits per heavy atom. The Balaban J connectivity index is 1.83.